The molecule has 0 radical (unpaired) electrons. The maximum atomic E-state index is 13.9. The van der Waals surface area contributed by atoms with Crippen molar-refractivity contribution in [2.45, 2.75) is 19.8 Å². The number of furan rings is 1. The van der Waals surface area contributed by atoms with E-state index in [1.807, 2.05) is 6.92 Å². The molecule has 31 heavy (non-hydrogen) atoms. The van der Waals surface area contributed by atoms with Crippen molar-refractivity contribution in [3.63, 3.8) is 0 Å². The Morgan fingerprint density at radius 2 is 1.87 bits per heavy atom. The maximum Gasteiger partial charge on any atom is 0.249 e. The summed E-state index contributed by atoms with van der Waals surface area (Å²) < 4.78 is 25.0. The van der Waals surface area contributed by atoms with Gasteiger partial charge in [0.1, 0.15) is 23.1 Å². The first-order valence-corrected chi connectivity index (χ1v) is 9.82. The Morgan fingerprint density at radius 1 is 1.13 bits per heavy atom. The second-order valence-corrected chi connectivity index (χ2v) is 6.69. The first-order valence-electron chi connectivity index (χ1n) is 9.82. The summed E-state index contributed by atoms with van der Waals surface area (Å²) in [6, 6.07) is 18.0. The fourth-order valence-electron chi connectivity index (χ4n) is 3.04. The average Bonchev–Trinajstić information content (AvgIpc) is 3.23. The fourth-order valence-corrected chi connectivity index (χ4v) is 3.04. The summed E-state index contributed by atoms with van der Waals surface area (Å²) >= 11 is 0. The van der Waals surface area contributed by atoms with Gasteiger partial charge in [-0.25, -0.2) is 4.39 Å². The SMILES string of the molecule is CCOc1ccccc1NC(=O)C(C#N)C(=O)CCc1ccc(-c2ccccc2F)o1. The van der Waals surface area contributed by atoms with Gasteiger partial charge in [0.25, 0.3) is 0 Å². The largest absolute Gasteiger partial charge is 0.492 e. The van der Waals surface area contributed by atoms with Gasteiger partial charge in [-0.15, -0.1) is 0 Å². The lowest BCUT2D eigenvalue weighted by Crippen LogP contribution is -2.29. The molecule has 158 valence electrons. The number of aryl methyl sites for hydroxylation is 1. The topological polar surface area (TPSA) is 92.3 Å². The van der Waals surface area contributed by atoms with Crippen molar-refractivity contribution in [2.24, 2.45) is 5.92 Å². The zero-order valence-electron chi connectivity index (χ0n) is 16.9. The van der Waals surface area contributed by atoms with E-state index in [9.17, 15) is 19.2 Å². The van der Waals surface area contributed by atoms with Crippen molar-refractivity contribution < 1.29 is 23.1 Å². The highest BCUT2D eigenvalue weighted by Crippen LogP contribution is 2.26. The van der Waals surface area contributed by atoms with E-state index in [1.165, 1.54) is 6.07 Å². The predicted molar refractivity (Wildman–Crippen MR) is 113 cm³/mol. The molecule has 3 aromatic rings. The van der Waals surface area contributed by atoms with Crippen LogP contribution in [0, 0.1) is 23.1 Å². The van der Waals surface area contributed by atoms with Gasteiger partial charge in [-0.2, -0.15) is 5.26 Å². The molecule has 3 rings (SSSR count). The summed E-state index contributed by atoms with van der Waals surface area (Å²) in [5.74, 6) is -1.85. The minimum Gasteiger partial charge on any atom is -0.492 e. The molecule has 6 nitrogen and oxygen atoms in total. The zero-order chi connectivity index (χ0) is 22.2. The number of halogens is 1. The second-order valence-electron chi connectivity index (χ2n) is 6.69. The first-order chi connectivity index (χ1) is 15.0. The molecule has 1 aromatic heterocycles. The molecule has 1 atom stereocenters. The van der Waals surface area contributed by atoms with Crippen LogP contribution in [0.1, 0.15) is 19.1 Å². The van der Waals surface area contributed by atoms with Crippen LogP contribution in [0.2, 0.25) is 0 Å². The van der Waals surface area contributed by atoms with Crippen molar-refractivity contribution in [3.8, 4) is 23.1 Å². The minimum absolute atomic E-state index is 0.0665. The summed E-state index contributed by atoms with van der Waals surface area (Å²) in [6.45, 7) is 2.22. The molecule has 0 saturated heterocycles. The molecule has 0 fully saturated rings. The van der Waals surface area contributed by atoms with Gasteiger partial charge >= 0.3 is 0 Å². The van der Waals surface area contributed by atoms with E-state index in [0.717, 1.165) is 0 Å². The number of ether oxygens (including phenoxy) is 1. The second kappa shape index (κ2) is 10.2. The standard InChI is InChI=1S/C24H21FN2O4/c1-2-30-23-10-6-5-9-20(23)27-24(29)18(15-26)21(28)13-11-16-12-14-22(31-16)17-7-3-4-8-19(17)25/h3-10,12,14,18H,2,11,13H2,1H3,(H,27,29). The third-order valence-corrected chi connectivity index (χ3v) is 4.58. The number of nitrogens with zero attached hydrogens (tertiary/aromatic N) is 1. The van der Waals surface area contributed by atoms with E-state index in [-0.39, 0.29) is 12.8 Å². The number of hydrogen-bond acceptors (Lipinski definition) is 5. The Labute approximate surface area is 179 Å². The van der Waals surface area contributed by atoms with Gasteiger partial charge in [0.05, 0.1) is 23.9 Å². The summed E-state index contributed by atoms with van der Waals surface area (Å²) in [5, 5.41) is 12.0. The Hall–Kier alpha value is -3.92. The number of nitrogens with one attached hydrogen (secondary N) is 1. The van der Waals surface area contributed by atoms with Gasteiger partial charge < -0.3 is 14.5 Å². The Kier molecular flexibility index (Phi) is 7.17. The van der Waals surface area contributed by atoms with Crippen molar-refractivity contribution in [3.05, 3.63) is 72.2 Å². The molecule has 1 heterocycles. The number of anilines is 1. The number of carbonyl (C=O) groups excluding carboxylic acids is 2. The quantitative estimate of drug-likeness (QED) is 0.504. The third kappa shape index (κ3) is 5.37. The summed E-state index contributed by atoms with van der Waals surface area (Å²) in [4.78, 5) is 25.0. The molecule has 0 spiro atoms. The monoisotopic (exact) mass is 420 g/mol. The van der Waals surface area contributed by atoms with Crippen LogP contribution in [-0.2, 0) is 16.0 Å². The summed E-state index contributed by atoms with van der Waals surface area (Å²) in [5.41, 5.74) is 0.713. The van der Waals surface area contributed by atoms with E-state index in [0.29, 0.717) is 35.1 Å². The highest BCUT2D eigenvalue weighted by Gasteiger charge is 2.27. The first kappa shape index (κ1) is 21.8. The molecule has 1 amide bonds. The Bertz CT molecular complexity index is 1120. The molecule has 0 bridgehead atoms. The highest BCUT2D eigenvalue weighted by molar-refractivity contribution is 6.09. The molecule has 0 aliphatic carbocycles. The number of rotatable bonds is 9. The molecule has 0 aliphatic heterocycles. The lowest BCUT2D eigenvalue weighted by atomic mass is 10.00. The van der Waals surface area contributed by atoms with Gasteiger partial charge in [0, 0.05) is 12.8 Å². The van der Waals surface area contributed by atoms with Crippen LogP contribution in [0.25, 0.3) is 11.3 Å². The van der Waals surface area contributed by atoms with E-state index < -0.39 is 23.4 Å². The smallest absolute Gasteiger partial charge is 0.249 e. The molecule has 1 unspecified atom stereocenters. The van der Waals surface area contributed by atoms with Crippen LogP contribution in [0.15, 0.2) is 65.1 Å². The number of nitriles is 1. The number of hydrogen-bond donors (Lipinski definition) is 1. The molecular weight excluding hydrogens is 399 g/mol. The summed E-state index contributed by atoms with van der Waals surface area (Å²) in [7, 11) is 0. The van der Waals surface area contributed by atoms with Crippen molar-refractivity contribution >= 4 is 17.4 Å². The Balaban J connectivity index is 1.62. The van der Waals surface area contributed by atoms with Crippen molar-refractivity contribution in [2.75, 3.05) is 11.9 Å². The van der Waals surface area contributed by atoms with E-state index in [2.05, 4.69) is 5.32 Å². The normalized spacial score (nSPS) is 11.4. The molecule has 1 N–H and O–H groups in total. The van der Waals surface area contributed by atoms with E-state index in [1.54, 1.807) is 60.7 Å². The number of benzene rings is 2. The van der Waals surface area contributed by atoms with Gasteiger partial charge in [0.15, 0.2) is 11.7 Å². The van der Waals surface area contributed by atoms with Crippen LogP contribution in [-0.4, -0.2) is 18.3 Å². The zero-order valence-corrected chi connectivity index (χ0v) is 16.9. The molecule has 7 heteroatoms. The van der Waals surface area contributed by atoms with E-state index >= 15 is 0 Å². The van der Waals surface area contributed by atoms with Crippen LogP contribution >= 0.6 is 0 Å². The van der Waals surface area contributed by atoms with Crippen LogP contribution < -0.4 is 10.1 Å². The number of amides is 1. The van der Waals surface area contributed by atoms with Gasteiger partial charge in [0.2, 0.25) is 5.91 Å². The fraction of sp³-hybridized carbons (Fsp3) is 0.208. The maximum absolute atomic E-state index is 13.9. The molecular formula is C24H21FN2O4. The van der Waals surface area contributed by atoms with Crippen molar-refractivity contribution in [1.29, 1.82) is 5.26 Å². The number of ketones is 1. The van der Waals surface area contributed by atoms with Gasteiger partial charge in [-0.05, 0) is 43.3 Å². The third-order valence-electron chi connectivity index (χ3n) is 4.58. The highest BCUT2D eigenvalue weighted by atomic mass is 19.1. The lowest BCUT2D eigenvalue weighted by molar-refractivity contribution is -0.128. The minimum atomic E-state index is -1.46. The number of para-hydroxylation sites is 2. The van der Waals surface area contributed by atoms with E-state index in [4.69, 9.17) is 9.15 Å². The average molecular weight is 420 g/mol. The number of Topliss-reactive ketones (excluding diaryl/α,β-unsaturated/α-hetero) is 1. The van der Waals surface area contributed by atoms with Crippen LogP contribution in [0.5, 0.6) is 5.75 Å². The predicted octanol–water partition coefficient (Wildman–Crippen LogP) is 4.76. The van der Waals surface area contributed by atoms with Crippen LogP contribution in [0.4, 0.5) is 10.1 Å². The molecule has 0 aliphatic rings. The van der Waals surface area contributed by atoms with Crippen molar-refractivity contribution in [1.82, 2.24) is 0 Å². The lowest BCUT2D eigenvalue weighted by Gasteiger charge is -2.13. The molecule has 0 saturated carbocycles. The van der Waals surface area contributed by atoms with Gasteiger partial charge in [-0.1, -0.05) is 24.3 Å². The molecule has 2 aromatic carbocycles. The summed E-state index contributed by atoms with van der Waals surface area (Å²) in [6.07, 6.45) is 0.122. The number of carbonyl (C=O) groups is 2. The van der Waals surface area contributed by atoms with Gasteiger partial charge in [-0.3, -0.25) is 9.59 Å². The van der Waals surface area contributed by atoms with Crippen LogP contribution in [0.3, 0.4) is 0 Å². The Morgan fingerprint density at radius 3 is 2.61 bits per heavy atom.